The molecule has 2 rings (SSSR count). The van der Waals surface area contributed by atoms with Gasteiger partial charge in [-0.25, -0.2) is 13.2 Å². The number of carbonyl (C=O) groups is 5. The predicted molar refractivity (Wildman–Crippen MR) is 61.9 cm³/mol. The third kappa shape index (κ3) is 4.03. The zero-order chi connectivity index (χ0) is 16.7. The van der Waals surface area contributed by atoms with Crippen LogP contribution in [0.4, 0.5) is 0 Å². The van der Waals surface area contributed by atoms with Gasteiger partial charge in [-0.05, 0) is 0 Å². The first-order valence-corrected chi connectivity index (χ1v) is 7.14. The summed E-state index contributed by atoms with van der Waals surface area (Å²) in [4.78, 5) is 61.7. The van der Waals surface area contributed by atoms with E-state index in [2.05, 4.69) is 4.84 Å². The van der Waals surface area contributed by atoms with Crippen LogP contribution in [0, 0.1) is 0 Å². The van der Waals surface area contributed by atoms with Crippen molar-refractivity contribution in [2.24, 2.45) is 0 Å². The number of rotatable bonds is 4. The first-order chi connectivity index (χ1) is 10.1. The third-order valence-corrected chi connectivity index (χ3v) is 3.86. The Hall–Kier alpha value is -1.60. The van der Waals surface area contributed by atoms with Crippen molar-refractivity contribution in [3.63, 3.8) is 0 Å². The molecule has 118 valence electrons. The van der Waals surface area contributed by atoms with Gasteiger partial charge in [-0.2, -0.15) is 0 Å². The number of hydrogen-bond donors (Lipinski definition) is 0. The molecular formula is C10H7N2NaO9S. The van der Waals surface area contributed by atoms with Gasteiger partial charge in [0.15, 0.2) is 0 Å². The van der Waals surface area contributed by atoms with Crippen molar-refractivity contribution in [3.05, 3.63) is 12.2 Å². The molecule has 11 nitrogen and oxygen atoms in total. The summed E-state index contributed by atoms with van der Waals surface area (Å²) in [5.74, 6) is -5.59. The summed E-state index contributed by atoms with van der Waals surface area (Å²) in [6, 6.07) is 0. The molecule has 0 aliphatic carbocycles. The van der Waals surface area contributed by atoms with Gasteiger partial charge >= 0.3 is 35.5 Å². The molecular weight excluding hydrogens is 347 g/mol. The van der Waals surface area contributed by atoms with Crippen molar-refractivity contribution >= 4 is 39.7 Å². The summed E-state index contributed by atoms with van der Waals surface area (Å²) in [5.41, 5.74) is 0. The summed E-state index contributed by atoms with van der Waals surface area (Å²) < 4.78 is 32.4. The second-order valence-corrected chi connectivity index (χ2v) is 5.83. The zero-order valence-electron chi connectivity index (χ0n) is 11.6. The summed E-state index contributed by atoms with van der Waals surface area (Å²) in [5, 5.41) is -2.31. The standard InChI is InChI=1S/C10H8N2O9S.Na/c13-6-1-2-7(14)11(6)4-9(16)21-12-8(15)3-5(10(12)17)22(18,19)20;/h1-2,5H,3-4H2,(H,18,19,20);/q;+1/p-1. The Kier molecular flexibility index (Phi) is 5.82. The van der Waals surface area contributed by atoms with Crippen LogP contribution in [0.15, 0.2) is 12.2 Å². The van der Waals surface area contributed by atoms with Gasteiger partial charge in [-0.15, -0.1) is 5.06 Å². The third-order valence-electron chi connectivity index (χ3n) is 2.79. The van der Waals surface area contributed by atoms with E-state index in [9.17, 15) is 36.9 Å². The molecule has 0 bridgehead atoms. The van der Waals surface area contributed by atoms with E-state index in [-0.39, 0.29) is 34.6 Å². The van der Waals surface area contributed by atoms with Crippen LogP contribution in [-0.2, 0) is 38.9 Å². The van der Waals surface area contributed by atoms with E-state index in [0.717, 1.165) is 12.2 Å². The monoisotopic (exact) mass is 354 g/mol. The van der Waals surface area contributed by atoms with Gasteiger partial charge in [0.25, 0.3) is 23.6 Å². The van der Waals surface area contributed by atoms with Crippen LogP contribution in [0.2, 0.25) is 0 Å². The van der Waals surface area contributed by atoms with Gasteiger partial charge in [0, 0.05) is 12.2 Å². The molecule has 0 spiro atoms. The van der Waals surface area contributed by atoms with E-state index in [4.69, 9.17) is 0 Å². The maximum Gasteiger partial charge on any atom is 1.00 e. The van der Waals surface area contributed by atoms with Crippen molar-refractivity contribution in [1.29, 1.82) is 0 Å². The van der Waals surface area contributed by atoms with E-state index >= 15 is 0 Å². The summed E-state index contributed by atoms with van der Waals surface area (Å²) in [6.07, 6.45) is 0.866. The first-order valence-electron chi connectivity index (χ1n) is 5.67. The summed E-state index contributed by atoms with van der Waals surface area (Å²) in [7, 11) is -5.08. The first kappa shape index (κ1) is 19.4. The zero-order valence-corrected chi connectivity index (χ0v) is 14.4. The second kappa shape index (κ2) is 6.88. The average Bonchev–Trinajstić information content (AvgIpc) is 2.85. The van der Waals surface area contributed by atoms with E-state index in [0.29, 0.717) is 4.90 Å². The Labute approximate surface area is 151 Å². The van der Waals surface area contributed by atoms with Crippen molar-refractivity contribution in [2.75, 3.05) is 6.54 Å². The minimum atomic E-state index is -5.08. The van der Waals surface area contributed by atoms with Gasteiger partial charge in [-0.3, -0.25) is 24.1 Å². The maximum absolute atomic E-state index is 11.6. The number of nitrogens with zero attached hydrogens (tertiary/aromatic N) is 2. The Morgan fingerprint density at radius 2 is 1.74 bits per heavy atom. The fourth-order valence-corrected chi connectivity index (χ4v) is 2.44. The molecule has 0 saturated carbocycles. The van der Waals surface area contributed by atoms with Gasteiger partial charge in [-0.1, -0.05) is 0 Å². The molecule has 4 amide bonds. The molecule has 1 atom stereocenters. The molecule has 0 aromatic carbocycles. The summed E-state index contributed by atoms with van der Waals surface area (Å²) in [6.45, 7) is -0.878. The maximum atomic E-state index is 11.6. The SMILES string of the molecule is O=C(CN1C(=O)C=CC1=O)ON1C(=O)CC(S(=O)(=O)[O-])C1=O.[Na+]. The topological polar surface area (TPSA) is 158 Å². The Morgan fingerprint density at radius 3 is 2.17 bits per heavy atom. The number of carbonyl (C=O) groups excluding carboxylic acids is 5. The van der Waals surface area contributed by atoms with E-state index in [1.54, 1.807) is 0 Å². The van der Waals surface area contributed by atoms with Crippen molar-refractivity contribution in [3.8, 4) is 0 Å². The van der Waals surface area contributed by atoms with Crippen LogP contribution in [-0.4, -0.2) is 64.3 Å². The number of hydrogen-bond acceptors (Lipinski definition) is 9. The molecule has 0 aromatic heterocycles. The smallest absolute Gasteiger partial charge is 0.747 e. The largest absolute Gasteiger partial charge is 1.00 e. The van der Waals surface area contributed by atoms with Crippen LogP contribution in [0.25, 0.3) is 0 Å². The minimum absolute atomic E-state index is 0. The molecule has 0 aromatic rings. The van der Waals surface area contributed by atoms with Gasteiger partial charge in [0.05, 0.1) is 6.42 Å². The molecule has 2 aliphatic heterocycles. The Morgan fingerprint density at radius 1 is 1.22 bits per heavy atom. The van der Waals surface area contributed by atoms with Gasteiger partial charge in [0.1, 0.15) is 21.9 Å². The molecule has 2 heterocycles. The fraction of sp³-hybridized carbons (Fsp3) is 0.300. The van der Waals surface area contributed by atoms with Crippen molar-refractivity contribution < 1.29 is 71.3 Å². The molecule has 13 heteroatoms. The normalized spacial score (nSPS) is 21.0. The van der Waals surface area contributed by atoms with Crippen molar-refractivity contribution in [2.45, 2.75) is 11.7 Å². The molecule has 1 fully saturated rings. The number of hydroxylamine groups is 2. The van der Waals surface area contributed by atoms with Crippen LogP contribution in [0.5, 0.6) is 0 Å². The van der Waals surface area contributed by atoms with E-state index in [1.807, 2.05) is 0 Å². The van der Waals surface area contributed by atoms with Crippen LogP contribution in [0.3, 0.4) is 0 Å². The van der Waals surface area contributed by atoms with Crippen LogP contribution < -0.4 is 29.6 Å². The summed E-state index contributed by atoms with van der Waals surface area (Å²) >= 11 is 0. The Balaban J connectivity index is 0.00000264. The molecule has 23 heavy (non-hydrogen) atoms. The second-order valence-electron chi connectivity index (χ2n) is 4.27. The number of amides is 4. The number of imide groups is 2. The predicted octanol–water partition coefficient (Wildman–Crippen LogP) is -5.95. The molecule has 1 saturated heterocycles. The van der Waals surface area contributed by atoms with E-state index < -0.39 is 57.9 Å². The van der Waals surface area contributed by atoms with Gasteiger partial charge in [0.2, 0.25) is 0 Å². The van der Waals surface area contributed by atoms with E-state index in [1.165, 1.54) is 0 Å². The van der Waals surface area contributed by atoms with Gasteiger partial charge < -0.3 is 9.39 Å². The molecule has 1 unspecified atom stereocenters. The fourth-order valence-electron chi connectivity index (χ4n) is 1.75. The van der Waals surface area contributed by atoms with Crippen LogP contribution >= 0.6 is 0 Å². The molecule has 2 aliphatic rings. The average molecular weight is 354 g/mol. The van der Waals surface area contributed by atoms with Crippen molar-refractivity contribution in [1.82, 2.24) is 9.96 Å². The molecule has 0 radical (unpaired) electrons. The quantitative estimate of drug-likeness (QED) is 0.272. The molecule has 0 N–H and O–H groups in total. The minimum Gasteiger partial charge on any atom is -0.747 e. The Bertz CT molecular complexity index is 711. The van der Waals surface area contributed by atoms with Crippen LogP contribution in [0.1, 0.15) is 6.42 Å².